The van der Waals surface area contributed by atoms with Crippen molar-refractivity contribution in [2.24, 2.45) is 5.14 Å². The van der Waals surface area contributed by atoms with Crippen LogP contribution >= 0.6 is 11.6 Å². The van der Waals surface area contributed by atoms with Crippen molar-refractivity contribution in [2.75, 3.05) is 6.54 Å². The smallest absolute Gasteiger partial charge is 0.324 e. The summed E-state index contributed by atoms with van der Waals surface area (Å²) >= 11 is 5.57. The highest BCUT2D eigenvalue weighted by atomic mass is 35.5. The molecule has 0 aliphatic carbocycles. The van der Waals surface area contributed by atoms with Gasteiger partial charge in [0.05, 0.1) is 11.6 Å². The van der Waals surface area contributed by atoms with Gasteiger partial charge >= 0.3 is 12.3 Å². The molecule has 0 aliphatic heterocycles. The summed E-state index contributed by atoms with van der Waals surface area (Å²) < 4.78 is 71.5. The second-order valence-electron chi connectivity index (χ2n) is 3.93. The van der Waals surface area contributed by atoms with Gasteiger partial charge in [-0.2, -0.15) is 8.78 Å². The van der Waals surface area contributed by atoms with Crippen molar-refractivity contribution in [3.63, 3.8) is 0 Å². The highest BCUT2D eigenvalue weighted by Gasteiger charge is 2.40. The minimum absolute atomic E-state index is 0.271. The normalized spacial score (nSPS) is 12.5. The van der Waals surface area contributed by atoms with Crippen LogP contribution < -0.4 is 10.5 Å². The summed E-state index contributed by atoms with van der Waals surface area (Å²) in [6.45, 7) is -1.60. The molecule has 11 heteroatoms. The van der Waals surface area contributed by atoms with Crippen LogP contribution in [0.4, 0.5) is 17.6 Å². The third kappa shape index (κ3) is 4.55. The molecule has 21 heavy (non-hydrogen) atoms. The van der Waals surface area contributed by atoms with Crippen LogP contribution in [-0.2, 0) is 10.0 Å². The quantitative estimate of drug-likeness (QED) is 0.792. The molecule has 1 rings (SSSR count). The van der Waals surface area contributed by atoms with Gasteiger partial charge in [0.1, 0.15) is 4.90 Å². The Kier molecular flexibility index (Phi) is 5.18. The second-order valence-corrected chi connectivity index (χ2v) is 5.87. The Morgan fingerprint density at radius 1 is 1.38 bits per heavy atom. The Labute approximate surface area is 122 Å². The van der Waals surface area contributed by atoms with Crippen LogP contribution in [0.5, 0.6) is 0 Å². The first-order chi connectivity index (χ1) is 9.45. The lowest BCUT2D eigenvalue weighted by molar-refractivity contribution is -0.123. The zero-order valence-electron chi connectivity index (χ0n) is 10.1. The molecular formula is C10H9ClF4N2O3S. The minimum Gasteiger partial charge on any atom is -0.346 e. The third-order valence-corrected chi connectivity index (χ3v) is 3.70. The van der Waals surface area contributed by atoms with E-state index in [-0.39, 0.29) is 10.6 Å². The maximum Gasteiger partial charge on any atom is 0.324 e. The Bertz CT molecular complexity index is 652. The van der Waals surface area contributed by atoms with Crippen LogP contribution in [0.3, 0.4) is 0 Å². The number of nitrogens with two attached hydrogens (primary N) is 1. The maximum atomic E-state index is 12.7. The lowest BCUT2D eigenvalue weighted by Gasteiger charge is -2.15. The van der Waals surface area contributed by atoms with Gasteiger partial charge < -0.3 is 5.32 Å². The van der Waals surface area contributed by atoms with E-state index in [1.807, 2.05) is 0 Å². The molecule has 1 aromatic rings. The number of nitrogens with one attached hydrogen (secondary N) is 1. The average molecular weight is 349 g/mol. The van der Waals surface area contributed by atoms with E-state index in [9.17, 15) is 30.8 Å². The van der Waals surface area contributed by atoms with Crippen LogP contribution in [0.1, 0.15) is 10.4 Å². The van der Waals surface area contributed by atoms with Crippen molar-refractivity contribution in [2.45, 2.75) is 17.2 Å². The fourth-order valence-corrected chi connectivity index (χ4v) is 2.31. The fourth-order valence-electron chi connectivity index (χ4n) is 1.24. The van der Waals surface area contributed by atoms with E-state index in [4.69, 9.17) is 16.7 Å². The van der Waals surface area contributed by atoms with Gasteiger partial charge in [-0.15, -0.1) is 0 Å². The van der Waals surface area contributed by atoms with Gasteiger partial charge in [0.15, 0.2) is 0 Å². The van der Waals surface area contributed by atoms with Crippen molar-refractivity contribution >= 4 is 27.5 Å². The summed E-state index contributed by atoms with van der Waals surface area (Å²) in [7, 11) is -4.23. The van der Waals surface area contributed by atoms with Crippen LogP contribution in [0.2, 0.25) is 5.02 Å². The summed E-state index contributed by atoms with van der Waals surface area (Å²) in [5.41, 5.74) is -0.367. The number of sulfonamides is 1. The van der Waals surface area contributed by atoms with Gasteiger partial charge in [0.2, 0.25) is 10.0 Å². The van der Waals surface area contributed by atoms with E-state index in [2.05, 4.69) is 0 Å². The van der Waals surface area contributed by atoms with Crippen molar-refractivity contribution in [1.29, 1.82) is 0 Å². The van der Waals surface area contributed by atoms with Crippen LogP contribution in [0.25, 0.3) is 0 Å². The first-order valence-corrected chi connectivity index (χ1v) is 7.14. The Morgan fingerprint density at radius 2 is 1.95 bits per heavy atom. The zero-order valence-corrected chi connectivity index (χ0v) is 11.7. The molecule has 3 N–H and O–H groups in total. The van der Waals surface area contributed by atoms with Crippen molar-refractivity contribution < 1.29 is 30.8 Å². The number of carbonyl (C=O) groups excluding carboxylic acids is 1. The molecule has 0 aromatic heterocycles. The van der Waals surface area contributed by atoms with Gasteiger partial charge in [-0.3, -0.25) is 4.79 Å². The number of hydrogen-bond acceptors (Lipinski definition) is 3. The topological polar surface area (TPSA) is 89.3 Å². The van der Waals surface area contributed by atoms with Crippen molar-refractivity contribution in [3.8, 4) is 0 Å². The molecule has 0 fully saturated rings. The molecule has 5 nitrogen and oxygen atoms in total. The van der Waals surface area contributed by atoms with Crippen LogP contribution in [-0.4, -0.2) is 33.2 Å². The predicted octanol–water partition coefficient (Wildman–Crippen LogP) is 1.62. The fraction of sp³-hybridized carbons (Fsp3) is 0.300. The monoisotopic (exact) mass is 348 g/mol. The number of primary sulfonamides is 1. The third-order valence-electron chi connectivity index (χ3n) is 2.30. The Morgan fingerprint density at radius 3 is 2.43 bits per heavy atom. The Hall–Kier alpha value is -1.39. The van der Waals surface area contributed by atoms with Crippen molar-refractivity contribution in [1.82, 2.24) is 5.32 Å². The largest absolute Gasteiger partial charge is 0.346 e. The average Bonchev–Trinajstić information content (AvgIpc) is 2.35. The molecule has 1 aromatic carbocycles. The molecule has 0 atom stereocenters. The van der Waals surface area contributed by atoms with E-state index in [1.165, 1.54) is 0 Å². The molecule has 0 aliphatic rings. The number of carbonyl (C=O) groups is 1. The molecule has 0 saturated carbocycles. The van der Waals surface area contributed by atoms with Gasteiger partial charge in [-0.05, 0) is 18.2 Å². The van der Waals surface area contributed by atoms with Gasteiger partial charge in [-0.25, -0.2) is 22.3 Å². The SMILES string of the molecule is NS(=O)(=O)c1cc(C(=O)NCC(F)(F)C(F)F)ccc1Cl. The maximum absolute atomic E-state index is 12.7. The number of alkyl halides is 4. The van der Waals surface area contributed by atoms with Crippen LogP contribution in [0.15, 0.2) is 23.1 Å². The number of amides is 1. The standard InChI is InChI=1S/C10H9ClF4N2O3S/c11-6-2-1-5(3-7(6)21(16,19)20)8(18)17-4-10(14,15)9(12)13/h1-3,9H,4H2,(H,17,18)(H2,16,19,20). The number of hydrogen-bond donors (Lipinski definition) is 2. The van der Waals surface area contributed by atoms with E-state index in [1.54, 1.807) is 5.32 Å². The number of rotatable bonds is 5. The lowest BCUT2D eigenvalue weighted by atomic mass is 10.2. The van der Waals surface area contributed by atoms with E-state index in [0.717, 1.165) is 18.2 Å². The molecule has 0 radical (unpaired) electrons. The predicted molar refractivity (Wildman–Crippen MR) is 66.1 cm³/mol. The van der Waals surface area contributed by atoms with E-state index in [0.29, 0.717) is 0 Å². The first-order valence-electron chi connectivity index (χ1n) is 5.21. The molecular weight excluding hydrogens is 340 g/mol. The molecule has 0 spiro atoms. The summed E-state index contributed by atoms with van der Waals surface area (Å²) in [6.07, 6.45) is -3.94. The first kappa shape index (κ1) is 17.7. The molecule has 118 valence electrons. The highest BCUT2D eigenvalue weighted by Crippen LogP contribution is 2.23. The van der Waals surface area contributed by atoms with E-state index >= 15 is 0 Å². The summed E-state index contributed by atoms with van der Waals surface area (Å²) in [5.74, 6) is -5.57. The minimum atomic E-state index is -4.40. The molecule has 1 amide bonds. The molecule has 0 heterocycles. The highest BCUT2D eigenvalue weighted by molar-refractivity contribution is 7.89. The summed E-state index contributed by atoms with van der Waals surface area (Å²) in [5, 5.41) is 6.15. The van der Waals surface area contributed by atoms with Gasteiger partial charge in [-0.1, -0.05) is 11.6 Å². The lowest BCUT2D eigenvalue weighted by Crippen LogP contribution is -2.41. The summed E-state index contributed by atoms with van der Waals surface area (Å²) in [6, 6.07) is 2.81. The summed E-state index contributed by atoms with van der Waals surface area (Å²) in [4.78, 5) is 11.0. The van der Waals surface area contributed by atoms with Crippen molar-refractivity contribution in [3.05, 3.63) is 28.8 Å². The van der Waals surface area contributed by atoms with Crippen LogP contribution in [0, 0.1) is 0 Å². The molecule has 0 unspecified atom stereocenters. The van der Waals surface area contributed by atoms with Gasteiger partial charge in [0, 0.05) is 5.56 Å². The molecule has 0 bridgehead atoms. The Balaban J connectivity index is 2.95. The molecule has 0 saturated heterocycles. The van der Waals surface area contributed by atoms with Gasteiger partial charge in [0.25, 0.3) is 5.91 Å². The number of benzene rings is 1. The van der Waals surface area contributed by atoms with E-state index < -0.39 is 39.7 Å². The number of halogens is 5. The zero-order chi connectivity index (χ0) is 16.4. The second kappa shape index (κ2) is 6.16.